The van der Waals surface area contributed by atoms with Gasteiger partial charge in [-0.2, -0.15) is 0 Å². The van der Waals surface area contributed by atoms with Crippen LogP contribution in [-0.4, -0.2) is 52.6 Å². The Morgan fingerprint density at radius 2 is 1.73 bits per heavy atom. The van der Waals surface area contributed by atoms with E-state index in [2.05, 4.69) is 45.6 Å². The summed E-state index contributed by atoms with van der Waals surface area (Å²) in [4.78, 5) is 30.4. The van der Waals surface area contributed by atoms with Gasteiger partial charge in [0.1, 0.15) is 6.54 Å². The number of amides is 2. The van der Waals surface area contributed by atoms with Gasteiger partial charge in [-0.05, 0) is 60.9 Å². The molecule has 0 saturated heterocycles. The van der Waals surface area contributed by atoms with Crippen LogP contribution in [0.2, 0.25) is 0 Å². The highest BCUT2D eigenvalue weighted by Crippen LogP contribution is 2.32. The number of unbranched alkanes of at least 4 members (excludes halogenated alkanes) is 1. The molecule has 37 heavy (non-hydrogen) atoms. The number of benzene rings is 2. The average molecular weight is 569 g/mol. The summed E-state index contributed by atoms with van der Waals surface area (Å²) in [6.45, 7) is 6.70. The second-order valence-corrected chi connectivity index (χ2v) is 10.1. The Balaban J connectivity index is 1.47. The number of hydrogen-bond acceptors (Lipinski definition) is 4. The Morgan fingerprint density at radius 1 is 0.946 bits per heavy atom. The summed E-state index contributed by atoms with van der Waals surface area (Å²) in [6.07, 6.45) is 4.70. The molecular weight excluding hydrogens is 534 g/mol. The summed E-state index contributed by atoms with van der Waals surface area (Å²) in [5.41, 5.74) is 2.75. The van der Waals surface area contributed by atoms with E-state index < -0.39 is 0 Å². The van der Waals surface area contributed by atoms with Crippen LogP contribution in [-0.2, 0) is 17.9 Å². The first-order chi connectivity index (χ1) is 18.0. The number of rotatable bonds is 12. The van der Waals surface area contributed by atoms with E-state index in [0.717, 1.165) is 36.0 Å². The largest absolute Gasteiger partial charge is 0.454 e. The summed E-state index contributed by atoms with van der Waals surface area (Å²) < 4.78 is 14.0. The lowest BCUT2D eigenvalue weighted by Crippen LogP contribution is -2.43. The molecule has 1 aliphatic heterocycles. The van der Waals surface area contributed by atoms with Crippen molar-refractivity contribution in [2.45, 2.75) is 46.2 Å². The summed E-state index contributed by atoms with van der Waals surface area (Å²) in [6, 6.07) is 17.5. The standard InChI is InChI=1S/C29H34BrN3O4/c1-3-5-15-32(19-25-7-6-16-31(25)18-22-8-11-24(30)12-9-22)28(34)20-33(14-4-2)29(35)23-10-13-26-27(17-23)37-21-36-26/h6-13,16-17H,3-5,14-15,18-21H2,1-2H3. The van der Waals surface area contributed by atoms with Gasteiger partial charge in [-0.15, -0.1) is 0 Å². The van der Waals surface area contributed by atoms with E-state index in [9.17, 15) is 9.59 Å². The van der Waals surface area contributed by atoms with Crippen molar-refractivity contribution in [1.29, 1.82) is 0 Å². The first-order valence-corrected chi connectivity index (χ1v) is 13.6. The number of nitrogens with zero attached hydrogens (tertiary/aromatic N) is 3. The molecule has 3 aromatic rings. The molecule has 0 unspecified atom stereocenters. The minimum absolute atomic E-state index is 0.0399. The molecule has 2 amide bonds. The third kappa shape index (κ3) is 6.95. The number of aromatic nitrogens is 1. The normalized spacial score (nSPS) is 12.0. The molecule has 7 nitrogen and oxygen atoms in total. The first kappa shape index (κ1) is 26.8. The number of ether oxygens (including phenoxy) is 2. The van der Waals surface area contributed by atoms with Crippen LogP contribution < -0.4 is 9.47 Å². The van der Waals surface area contributed by atoms with Crippen LogP contribution in [0.5, 0.6) is 11.5 Å². The van der Waals surface area contributed by atoms with Crippen molar-refractivity contribution in [2.24, 2.45) is 0 Å². The number of hydrogen-bond donors (Lipinski definition) is 0. The van der Waals surface area contributed by atoms with Crippen LogP contribution in [0.1, 0.15) is 54.7 Å². The SMILES string of the molecule is CCCCN(Cc1cccn1Cc1ccc(Br)cc1)C(=O)CN(CCC)C(=O)c1ccc2c(c1)OCO2. The lowest BCUT2D eigenvalue weighted by molar-refractivity contribution is -0.132. The number of carbonyl (C=O) groups is 2. The Hall–Kier alpha value is -3.26. The zero-order valence-electron chi connectivity index (χ0n) is 21.5. The highest BCUT2D eigenvalue weighted by Gasteiger charge is 2.24. The van der Waals surface area contributed by atoms with Gasteiger partial charge in [-0.25, -0.2) is 0 Å². The van der Waals surface area contributed by atoms with Gasteiger partial charge in [0.25, 0.3) is 5.91 Å². The van der Waals surface area contributed by atoms with Crippen molar-refractivity contribution < 1.29 is 19.1 Å². The van der Waals surface area contributed by atoms with E-state index in [1.54, 1.807) is 23.1 Å². The van der Waals surface area contributed by atoms with Gasteiger partial charge in [-0.3, -0.25) is 9.59 Å². The van der Waals surface area contributed by atoms with Crippen molar-refractivity contribution in [1.82, 2.24) is 14.4 Å². The molecule has 196 valence electrons. The lowest BCUT2D eigenvalue weighted by Gasteiger charge is -2.28. The molecule has 4 rings (SSSR count). The third-order valence-corrected chi connectivity index (χ3v) is 6.93. The van der Waals surface area contributed by atoms with Gasteiger partial charge in [-0.1, -0.05) is 48.3 Å². The molecule has 0 fully saturated rings. The maximum absolute atomic E-state index is 13.6. The minimum atomic E-state index is -0.178. The van der Waals surface area contributed by atoms with Crippen LogP contribution in [0.4, 0.5) is 0 Å². The molecule has 1 aliphatic rings. The van der Waals surface area contributed by atoms with Crippen LogP contribution in [0.25, 0.3) is 0 Å². The van der Waals surface area contributed by atoms with Crippen LogP contribution >= 0.6 is 15.9 Å². The second kappa shape index (κ2) is 12.8. The topological polar surface area (TPSA) is 64.0 Å². The summed E-state index contributed by atoms with van der Waals surface area (Å²) in [7, 11) is 0. The fourth-order valence-corrected chi connectivity index (χ4v) is 4.63. The Labute approximate surface area is 227 Å². The maximum Gasteiger partial charge on any atom is 0.254 e. The molecule has 0 N–H and O–H groups in total. The van der Waals surface area contributed by atoms with E-state index in [1.807, 2.05) is 36.2 Å². The van der Waals surface area contributed by atoms with Gasteiger partial charge >= 0.3 is 0 Å². The summed E-state index contributed by atoms with van der Waals surface area (Å²) >= 11 is 3.49. The molecule has 0 bridgehead atoms. The fraction of sp³-hybridized carbons (Fsp3) is 0.379. The molecular formula is C29H34BrN3O4. The number of carbonyl (C=O) groups excluding carboxylic acids is 2. The van der Waals surface area contributed by atoms with E-state index in [0.29, 0.717) is 36.7 Å². The quantitative estimate of drug-likeness (QED) is 0.281. The Bertz CT molecular complexity index is 1210. The smallest absolute Gasteiger partial charge is 0.254 e. The molecule has 0 aliphatic carbocycles. The fourth-order valence-electron chi connectivity index (χ4n) is 4.37. The van der Waals surface area contributed by atoms with Crippen molar-refractivity contribution in [3.63, 3.8) is 0 Å². The zero-order valence-corrected chi connectivity index (χ0v) is 23.1. The zero-order chi connectivity index (χ0) is 26.2. The van der Waals surface area contributed by atoms with E-state index >= 15 is 0 Å². The predicted octanol–water partition coefficient (Wildman–Crippen LogP) is 5.71. The summed E-state index contributed by atoms with van der Waals surface area (Å²) in [5, 5.41) is 0. The average Bonchev–Trinajstić information content (AvgIpc) is 3.55. The highest BCUT2D eigenvalue weighted by molar-refractivity contribution is 9.10. The van der Waals surface area contributed by atoms with Crippen molar-refractivity contribution >= 4 is 27.7 Å². The Kier molecular flexibility index (Phi) is 9.28. The van der Waals surface area contributed by atoms with Gasteiger partial charge in [0.2, 0.25) is 12.7 Å². The molecule has 0 atom stereocenters. The second-order valence-electron chi connectivity index (χ2n) is 9.22. The molecule has 0 saturated carbocycles. The first-order valence-electron chi connectivity index (χ1n) is 12.8. The molecule has 8 heteroatoms. The van der Waals surface area contributed by atoms with Crippen molar-refractivity contribution in [3.8, 4) is 11.5 Å². The van der Waals surface area contributed by atoms with Crippen molar-refractivity contribution in [3.05, 3.63) is 82.1 Å². The van der Waals surface area contributed by atoms with Crippen LogP contribution in [0, 0.1) is 0 Å². The van der Waals surface area contributed by atoms with Crippen LogP contribution in [0.15, 0.2) is 65.3 Å². The van der Waals surface area contributed by atoms with E-state index in [4.69, 9.17) is 9.47 Å². The van der Waals surface area contributed by atoms with Gasteiger partial charge in [0.05, 0.1) is 6.54 Å². The highest BCUT2D eigenvalue weighted by atomic mass is 79.9. The molecule has 2 aromatic carbocycles. The Morgan fingerprint density at radius 3 is 2.49 bits per heavy atom. The van der Waals surface area contributed by atoms with Crippen LogP contribution in [0.3, 0.4) is 0 Å². The molecule has 0 spiro atoms. The van der Waals surface area contributed by atoms with Gasteiger partial charge < -0.3 is 23.8 Å². The van der Waals surface area contributed by atoms with Gasteiger partial charge in [0, 0.05) is 41.6 Å². The van der Waals surface area contributed by atoms with Crippen molar-refractivity contribution in [2.75, 3.05) is 26.4 Å². The predicted molar refractivity (Wildman–Crippen MR) is 147 cm³/mol. The van der Waals surface area contributed by atoms with Gasteiger partial charge in [0.15, 0.2) is 11.5 Å². The summed E-state index contributed by atoms with van der Waals surface area (Å²) in [5.74, 6) is 0.964. The van der Waals surface area contributed by atoms with E-state index in [1.165, 1.54) is 5.56 Å². The molecule has 0 radical (unpaired) electrons. The monoisotopic (exact) mass is 567 g/mol. The lowest BCUT2D eigenvalue weighted by atomic mass is 10.1. The molecule has 1 aromatic heterocycles. The molecule has 2 heterocycles. The minimum Gasteiger partial charge on any atom is -0.454 e. The third-order valence-electron chi connectivity index (χ3n) is 6.40. The van der Waals surface area contributed by atoms with E-state index in [-0.39, 0.29) is 25.2 Å². The number of halogens is 1. The maximum atomic E-state index is 13.6. The number of fused-ring (bicyclic) bond motifs is 1.